The average Bonchev–Trinajstić information content (AvgIpc) is 2.14. The molecule has 1 aromatic carbocycles. The van der Waals surface area contributed by atoms with Crippen molar-refractivity contribution in [3.8, 4) is 0 Å². The Morgan fingerprint density at radius 2 is 1.88 bits per heavy atom. The number of sulfonamides is 1. The van der Waals surface area contributed by atoms with Gasteiger partial charge in [0.15, 0.2) is 0 Å². The van der Waals surface area contributed by atoms with Crippen molar-refractivity contribution in [2.45, 2.75) is 31.2 Å². The number of hydrogen-bond acceptors (Lipinski definition) is 4. The van der Waals surface area contributed by atoms with Crippen molar-refractivity contribution in [1.82, 2.24) is 4.72 Å². The molecule has 1 aromatic rings. The molecule has 0 aliphatic rings. The van der Waals surface area contributed by atoms with E-state index in [-0.39, 0.29) is 10.6 Å². The van der Waals surface area contributed by atoms with Crippen LogP contribution in [0.5, 0.6) is 0 Å². The number of hydrogen-bond donors (Lipinski definition) is 1. The van der Waals surface area contributed by atoms with Crippen LogP contribution in [-0.4, -0.2) is 18.9 Å². The molecule has 7 heteroatoms. The lowest BCUT2D eigenvalue weighted by atomic mass is 10.1. The van der Waals surface area contributed by atoms with E-state index in [0.717, 1.165) is 6.07 Å². The van der Waals surface area contributed by atoms with Gasteiger partial charge in [0.05, 0.1) is 9.82 Å². The second kappa shape index (κ2) is 4.42. The van der Waals surface area contributed by atoms with Gasteiger partial charge < -0.3 is 0 Å². The maximum absolute atomic E-state index is 11.9. The zero-order valence-electron chi connectivity index (χ0n) is 9.80. The molecule has 0 fully saturated rings. The molecule has 0 aliphatic carbocycles. The first-order chi connectivity index (χ1) is 7.62. The summed E-state index contributed by atoms with van der Waals surface area (Å²) in [6.45, 7) is 5.09. The van der Waals surface area contributed by atoms with Crippen molar-refractivity contribution in [2.75, 3.05) is 0 Å². The SMILES string of the molecule is CC(C)(C)NS(=O)(=O)c1cccc([N+](=O)[O-])c1. The molecule has 17 heavy (non-hydrogen) atoms. The van der Waals surface area contributed by atoms with Gasteiger partial charge in [-0.25, -0.2) is 13.1 Å². The summed E-state index contributed by atoms with van der Waals surface area (Å²) in [5.74, 6) is 0. The first kappa shape index (κ1) is 13.6. The Hall–Kier alpha value is -1.47. The number of rotatable bonds is 3. The van der Waals surface area contributed by atoms with Gasteiger partial charge in [-0.3, -0.25) is 10.1 Å². The quantitative estimate of drug-likeness (QED) is 0.659. The van der Waals surface area contributed by atoms with E-state index in [2.05, 4.69) is 4.72 Å². The van der Waals surface area contributed by atoms with E-state index in [1.807, 2.05) is 0 Å². The zero-order valence-corrected chi connectivity index (χ0v) is 10.6. The molecule has 0 saturated carbocycles. The monoisotopic (exact) mass is 258 g/mol. The summed E-state index contributed by atoms with van der Waals surface area (Å²) in [4.78, 5) is 9.82. The summed E-state index contributed by atoms with van der Waals surface area (Å²) in [6, 6.07) is 4.95. The minimum absolute atomic E-state index is 0.110. The number of non-ortho nitro benzene ring substituents is 1. The molecule has 0 spiro atoms. The van der Waals surface area contributed by atoms with Gasteiger partial charge in [-0.2, -0.15) is 0 Å². The van der Waals surface area contributed by atoms with E-state index in [1.165, 1.54) is 18.2 Å². The van der Waals surface area contributed by atoms with Crippen LogP contribution in [0.1, 0.15) is 20.8 Å². The summed E-state index contributed by atoms with van der Waals surface area (Å²) in [5, 5.41) is 10.6. The van der Waals surface area contributed by atoms with Gasteiger partial charge in [-0.05, 0) is 26.8 Å². The number of nitrogens with one attached hydrogen (secondary N) is 1. The van der Waals surface area contributed by atoms with Crippen LogP contribution in [0.25, 0.3) is 0 Å². The third-order valence-electron chi connectivity index (χ3n) is 1.78. The van der Waals surface area contributed by atoms with Gasteiger partial charge in [-0.15, -0.1) is 0 Å². The summed E-state index contributed by atoms with van der Waals surface area (Å²) in [7, 11) is -3.73. The Bertz CT molecular complexity index is 531. The van der Waals surface area contributed by atoms with Gasteiger partial charge in [-0.1, -0.05) is 6.07 Å². The highest BCUT2D eigenvalue weighted by molar-refractivity contribution is 7.89. The average molecular weight is 258 g/mol. The number of nitro benzene ring substituents is 1. The van der Waals surface area contributed by atoms with E-state index in [9.17, 15) is 18.5 Å². The molecule has 1 rings (SSSR count). The highest BCUT2D eigenvalue weighted by Crippen LogP contribution is 2.18. The maximum Gasteiger partial charge on any atom is 0.270 e. The number of nitro groups is 1. The fourth-order valence-electron chi connectivity index (χ4n) is 1.23. The molecule has 0 unspecified atom stereocenters. The molecule has 0 bridgehead atoms. The van der Waals surface area contributed by atoms with E-state index < -0.39 is 20.5 Å². The van der Waals surface area contributed by atoms with E-state index in [0.29, 0.717) is 0 Å². The molecule has 0 aliphatic heterocycles. The van der Waals surface area contributed by atoms with Crippen molar-refractivity contribution in [3.63, 3.8) is 0 Å². The fourth-order valence-corrected chi connectivity index (χ4v) is 2.68. The van der Waals surface area contributed by atoms with Crippen molar-refractivity contribution in [3.05, 3.63) is 34.4 Å². The number of nitrogens with zero attached hydrogens (tertiary/aromatic N) is 1. The Morgan fingerprint density at radius 1 is 1.29 bits per heavy atom. The third kappa shape index (κ3) is 3.79. The zero-order chi connectivity index (χ0) is 13.3. The molecule has 0 amide bonds. The molecule has 0 aromatic heterocycles. The molecule has 0 saturated heterocycles. The van der Waals surface area contributed by atoms with Gasteiger partial charge in [0.2, 0.25) is 10.0 Å². The van der Waals surface area contributed by atoms with Crippen LogP contribution in [0.15, 0.2) is 29.2 Å². The minimum atomic E-state index is -3.73. The predicted molar refractivity (Wildman–Crippen MR) is 63.2 cm³/mol. The Labute approximate surface area is 99.9 Å². The highest BCUT2D eigenvalue weighted by Gasteiger charge is 2.23. The van der Waals surface area contributed by atoms with E-state index in [1.54, 1.807) is 20.8 Å². The maximum atomic E-state index is 11.9. The second-order valence-corrected chi connectivity index (χ2v) is 6.29. The van der Waals surface area contributed by atoms with Crippen molar-refractivity contribution >= 4 is 15.7 Å². The lowest BCUT2D eigenvalue weighted by Gasteiger charge is -2.20. The molecular weight excluding hydrogens is 244 g/mol. The van der Waals surface area contributed by atoms with E-state index >= 15 is 0 Å². The lowest BCUT2D eigenvalue weighted by molar-refractivity contribution is -0.385. The first-order valence-corrected chi connectivity index (χ1v) is 6.38. The topological polar surface area (TPSA) is 89.3 Å². The summed E-state index contributed by atoms with van der Waals surface area (Å²) in [6.07, 6.45) is 0. The molecule has 0 atom stereocenters. The fraction of sp³-hybridized carbons (Fsp3) is 0.400. The minimum Gasteiger partial charge on any atom is -0.258 e. The van der Waals surface area contributed by atoms with Crippen molar-refractivity contribution in [2.24, 2.45) is 0 Å². The summed E-state index contributed by atoms with van der Waals surface area (Å²) in [5.41, 5.74) is -0.884. The van der Waals surface area contributed by atoms with Crippen molar-refractivity contribution < 1.29 is 13.3 Å². The molecule has 0 heterocycles. The summed E-state index contributed by atoms with van der Waals surface area (Å²) < 4.78 is 26.2. The molecule has 1 N–H and O–H groups in total. The van der Waals surface area contributed by atoms with Crippen LogP contribution in [0.2, 0.25) is 0 Å². The van der Waals surface area contributed by atoms with Gasteiger partial charge in [0.1, 0.15) is 0 Å². The largest absolute Gasteiger partial charge is 0.270 e. The smallest absolute Gasteiger partial charge is 0.258 e. The Kier molecular flexibility index (Phi) is 3.53. The molecule has 94 valence electrons. The van der Waals surface area contributed by atoms with Crippen LogP contribution >= 0.6 is 0 Å². The highest BCUT2D eigenvalue weighted by atomic mass is 32.2. The van der Waals surface area contributed by atoms with Gasteiger partial charge in [0, 0.05) is 17.7 Å². The standard InChI is InChI=1S/C10H14N2O4S/c1-10(2,3)11-17(15,16)9-6-4-5-8(7-9)12(13)14/h4-7,11H,1-3H3. The van der Waals surface area contributed by atoms with E-state index in [4.69, 9.17) is 0 Å². The van der Waals surface area contributed by atoms with Crippen LogP contribution in [0, 0.1) is 10.1 Å². The first-order valence-electron chi connectivity index (χ1n) is 4.90. The Morgan fingerprint density at radius 3 is 2.35 bits per heavy atom. The van der Waals surface area contributed by atoms with Gasteiger partial charge >= 0.3 is 0 Å². The summed E-state index contributed by atoms with van der Waals surface area (Å²) >= 11 is 0. The predicted octanol–water partition coefficient (Wildman–Crippen LogP) is 1.67. The van der Waals surface area contributed by atoms with Gasteiger partial charge in [0.25, 0.3) is 5.69 Å². The lowest BCUT2D eigenvalue weighted by Crippen LogP contribution is -2.40. The molecule has 6 nitrogen and oxygen atoms in total. The van der Waals surface area contributed by atoms with Crippen LogP contribution in [0.3, 0.4) is 0 Å². The van der Waals surface area contributed by atoms with Crippen LogP contribution < -0.4 is 4.72 Å². The van der Waals surface area contributed by atoms with Crippen LogP contribution in [-0.2, 0) is 10.0 Å². The third-order valence-corrected chi connectivity index (χ3v) is 3.53. The molecule has 0 radical (unpaired) electrons. The second-order valence-electron chi connectivity index (χ2n) is 4.61. The number of benzene rings is 1. The van der Waals surface area contributed by atoms with Crippen LogP contribution in [0.4, 0.5) is 5.69 Å². The Balaban J connectivity index is 3.16. The van der Waals surface area contributed by atoms with Crippen molar-refractivity contribution in [1.29, 1.82) is 0 Å². The normalized spacial score (nSPS) is 12.4. The molecular formula is C10H14N2O4S.